The third-order valence-corrected chi connectivity index (χ3v) is 2.26. The molecule has 2 rings (SSSR count). The summed E-state index contributed by atoms with van der Waals surface area (Å²) >= 11 is 0. The summed E-state index contributed by atoms with van der Waals surface area (Å²) in [6, 6.07) is 3.14. The second-order valence-corrected chi connectivity index (χ2v) is 3.17. The Balaban J connectivity index is 2.13. The molecule has 0 unspecified atom stereocenters. The maximum atomic E-state index is 12.1. The van der Waals surface area contributed by atoms with Crippen molar-refractivity contribution in [1.82, 2.24) is 10.3 Å². The van der Waals surface area contributed by atoms with Gasteiger partial charge in [-0.3, -0.25) is 4.98 Å². The third-order valence-electron chi connectivity index (χ3n) is 2.26. The number of halogens is 2. The van der Waals surface area contributed by atoms with E-state index in [-0.39, 0.29) is 5.56 Å². The van der Waals surface area contributed by atoms with Crippen LogP contribution in [0.4, 0.5) is 8.78 Å². The predicted molar refractivity (Wildman–Crippen MR) is 44.8 cm³/mol. The molecule has 1 fully saturated rings. The molecule has 0 amide bonds. The SMILES string of the molecule is FC(F)c1ccc(C2CNC2)nc1. The van der Waals surface area contributed by atoms with Crippen LogP contribution < -0.4 is 5.32 Å². The summed E-state index contributed by atoms with van der Waals surface area (Å²) in [5, 5.41) is 3.11. The molecule has 1 aromatic heterocycles. The minimum atomic E-state index is -2.42. The Hall–Kier alpha value is -1.03. The van der Waals surface area contributed by atoms with E-state index in [4.69, 9.17) is 0 Å². The minimum absolute atomic E-state index is 0.00367. The maximum Gasteiger partial charge on any atom is 0.265 e. The number of rotatable bonds is 2. The van der Waals surface area contributed by atoms with Crippen molar-refractivity contribution in [3.63, 3.8) is 0 Å². The van der Waals surface area contributed by atoms with Crippen molar-refractivity contribution >= 4 is 0 Å². The third kappa shape index (κ3) is 1.67. The second kappa shape index (κ2) is 3.38. The summed E-state index contributed by atoms with van der Waals surface area (Å²) < 4.78 is 24.3. The molecule has 0 radical (unpaired) electrons. The monoisotopic (exact) mass is 184 g/mol. The Morgan fingerprint density at radius 1 is 1.38 bits per heavy atom. The average Bonchev–Trinajstić information content (AvgIpc) is 2.02. The van der Waals surface area contributed by atoms with Crippen LogP contribution in [0.3, 0.4) is 0 Å². The van der Waals surface area contributed by atoms with Gasteiger partial charge in [0.25, 0.3) is 6.43 Å². The van der Waals surface area contributed by atoms with Crippen LogP contribution in [0.5, 0.6) is 0 Å². The van der Waals surface area contributed by atoms with Crippen molar-refractivity contribution in [2.45, 2.75) is 12.3 Å². The molecule has 0 aromatic carbocycles. The van der Waals surface area contributed by atoms with E-state index in [1.807, 2.05) is 0 Å². The largest absolute Gasteiger partial charge is 0.315 e. The molecule has 2 heterocycles. The molecule has 1 saturated heterocycles. The molecule has 0 spiro atoms. The normalized spacial score (nSPS) is 17.5. The molecule has 1 aliphatic rings. The highest BCUT2D eigenvalue weighted by molar-refractivity contribution is 5.19. The fourth-order valence-electron chi connectivity index (χ4n) is 1.29. The highest BCUT2D eigenvalue weighted by atomic mass is 19.3. The van der Waals surface area contributed by atoms with Gasteiger partial charge < -0.3 is 5.32 Å². The summed E-state index contributed by atoms with van der Waals surface area (Å²) in [4.78, 5) is 4.00. The Morgan fingerprint density at radius 3 is 2.54 bits per heavy atom. The van der Waals surface area contributed by atoms with Gasteiger partial charge in [0.2, 0.25) is 0 Å². The number of nitrogens with zero attached hydrogens (tertiary/aromatic N) is 1. The van der Waals surface area contributed by atoms with E-state index in [1.54, 1.807) is 6.07 Å². The molecule has 0 atom stereocenters. The van der Waals surface area contributed by atoms with Crippen LogP contribution in [0.2, 0.25) is 0 Å². The molecule has 0 bridgehead atoms. The van der Waals surface area contributed by atoms with E-state index in [9.17, 15) is 8.78 Å². The van der Waals surface area contributed by atoms with Gasteiger partial charge in [0.15, 0.2) is 0 Å². The summed E-state index contributed by atoms with van der Waals surface area (Å²) in [6.07, 6.45) is -1.15. The zero-order chi connectivity index (χ0) is 9.26. The summed E-state index contributed by atoms with van der Waals surface area (Å²) in [5.41, 5.74) is 0.902. The quantitative estimate of drug-likeness (QED) is 0.756. The van der Waals surface area contributed by atoms with Gasteiger partial charge in [-0.25, -0.2) is 8.78 Å². The van der Waals surface area contributed by atoms with Crippen molar-refractivity contribution in [1.29, 1.82) is 0 Å². The van der Waals surface area contributed by atoms with Gasteiger partial charge in [0.05, 0.1) is 0 Å². The van der Waals surface area contributed by atoms with Crippen LogP contribution >= 0.6 is 0 Å². The lowest BCUT2D eigenvalue weighted by Gasteiger charge is -2.26. The zero-order valence-corrected chi connectivity index (χ0v) is 7.00. The summed E-state index contributed by atoms with van der Waals surface area (Å²) in [5.74, 6) is 0.409. The Bertz CT molecular complexity index is 280. The fraction of sp³-hybridized carbons (Fsp3) is 0.444. The Morgan fingerprint density at radius 2 is 2.15 bits per heavy atom. The van der Waals surface area contributed by atoms with Crippen LogP contribution in [0.15, 0.2) is 18.3 Å². The first-order chi connectivity index (χ1) is 6.27. The number of pyridine rings is 1. The number of alkyl halides is 2. The zero-order valence-electron chi connectivity index (χ0n) is 7.00. The van der Waals surface area contributed by atoms with Gasteiger partial charge in [0, 0.05) is 36.5 Å². The van der Waals surface area contributed by atoms with Gasteiger partial charge in [-0.05, 0) is 12.1 Å². The van der Waals surface area contributed by atoms with E-state index in [2.05, 4.69) is 10.3 Å². The molecule has 2 nitrogen and oxygen atoms in total. The molecule has 4 heteroatoms. The lowest BCUT2D eigenvalue weighted by atomic mass is 9.98. The van der Waals surface area contributed by atoms with E-state index in [0.29, 0.717) is 5.92 Å². The molecule has 1 aliphatic heterocycles. The van der Waals surface area contributed by atoms with Crippen molar-refractivity contribution in [3.05, 3.63) is 29.6 Å². The first-order valence-electron chi connectivity index (χ1n) is 4.22. The van der Waals surface area contributed by atoms with Gasteiger partial charge in [-0.1, -0.05) is 0 Å². The van der Waals surface area contributed by atoms with Crippen LogP contribution in [0.25, 0.3) is 0 Å². The van der Waals surface area contributed by atoms with E-state index in [0.717, 1.165) is 18.8 Å². The second-order valence-electron chi connectivity index (χ2n) is 3.17. The highest BCUT2D eigenvalue weighted by Crippen LogP contribution is 2.21. The predicted octanol–water partition coefficient (Wildman–Crippen LogP) is 1.71. The first-order valence-corrected chi connectivity index (χ1v) is 4.22. The molecular weight excluding hydrogens is 174 g/mol. The Labute approximate surface area is 75.0 Å². The van der Waals surface area contributed by atoms with Gasteiger partial charge >= 0.3 is 0 Å². The van der Waals surface area contributed by atoms with Gasteiger partial charge in [-0.2, -0.15) is 0 Å². The summed E-state index contributed by atoms with van der Waals surface area (Å²) in [6.45, 7) is 1.81. The highest BCUT2D eigenvalue weighted by Gasteiger charge is 2.20. The lowest BCUT2D eigenvalue weighted by Crippen LogP contribution is -2.40. The van der Waals surface area contributed by atoms with E-state index in [1.165, 1.54) is 12.3 Å². The van der Waals surface area contributed by atoms with Gasteiger partial charge in [0.1, 0.15) is 0 Å². The maximum absolute atomic E-state index is 12.1. The molecule has 0 aliphatic carbocycles. The topological polar surface area (TPSA) is 24.9 Å². The molecule has 0 saturated carbocycles. The van der Waals surface area contributed by atoms with Crippen LogP contribution in [0.1, 0.15) is 23.6 Å². The van der Waals surface area contributed by atoms with E-state index < -0.39 is 6.43 Å². The molecular formula is C9H10F2N2. The minimum Gasteiger partial charge on any atom is -0.315 e. The fourth-order valence-corrected chi connectivity index (χ4v) is 1.29. The van der Waals surface area contributed by atoms with Crippen molar-refractivity contribution in [2.24, 2.45) is 0 Å². The van der Waals surface area contributed by atoms with Crippen molar-refractivity contribution in [3.8, 4) is 0 Å². The lowest BCUT2D eigenvalue weighted by molar-refractivity contribution is 0.151. The first kappa shape index (κ1) is 8.56. The summed E-state index contributed by atoms with van der Waals surface area (Å²) in [7, 11) is 0. The Kier molecular flexibility index (Phi) is 2.22. The van der Waals surface area contributed by atoms with Gasteiger partial charge in [-0.15, -0.1) is 0 Å². The number of hydrogen-bond donors (Lipinski definition) is 1. The van der Waals surface area contributed by atoms with E-state index >= 15 is 0 Å². The number of nitrogens with one attached hydrogen (secondary N) is 1. The van der Waals surface area contributed by atoms with Crippen LogP contribution in [0, 0.1) is 0 Å². The van der Waals surface area contributed by atoms with Crippen molar-refractivity contribution < 1.29 is 8.78 Å². The van der Waals surface area contributed by atoms with Crippen LogP contribution in [-0.2, 0) is 0 Å². The number of hydrogen-bond acceptors (Lipinski definition) is 2. The smallest absolute Gasteiger partial charge is 0.265 e. The molecule has 13 heavy (non-hydrogen) atoms. The molecule has 1 N–H and O–H groups in total. The molecule has 70 valence electrons. The average molecular weight is 184 g/mol. The van der Waals surface area contributed by atoms with Crippen LogP contribution in [-0.4, -0.2) is 18.1 Å². The molecule has 1 aromatic rings. The number of aromatic nitrogens is 1. The standard InChI is InChI=1S/C9H10F2N2/c10-9(11)6-1-2-8(13-5-6)7-3-12-4-7/h1-2,5,7,9,12H,3-4H2. The van der Waals surface area contributed by atoms with Crippen molar-refractivity contribution in [2.75, 3.05) is 13.1 Å².